The van der Waals surface area contributed by atoms with Crippen molar-refractivity contribution in [3.05, 3.63) is 46.0 Å². The van der Waals surface area contributed by atoms with Crippen LogP contribution in [-0.2, 0) is 0 Å². The van der Waals surface area contributed by atoms with Crippen LogP contribution >= 0.6 is 11.3 Å². The Morgan fingerprint density at radius 2 is 2.39 bits per heavy atom. The monoisotopic (exact) mass is 266 g/mol. The Balaban J connectivity index is 2.26. The van der Waals surface area contributed by atoms with E-state index in [9.17, 15) is 9.18 Å². The molecule has 0 aromatic carbocycles. The van der Waals surface area contributed by atoms with Gasteiger partial charge in [-0.25, -0.2) is 14.2 Å². The number of hydrogen-bond acceptors (Lipinski definition) is 4. The van der Waals surface area contributed by atoms with Gasteiger partial charge in [0.15, 0.2) is 0 Å². The van der Waals surface area contributed by atoms with Gasteiger partial charge in [0.25, 0.3) is 0 Å². The van der Waals surface area contributed by atoms with Gasteiger partial charge in [0.05, 0.1) is 12.2 Å². The van der Waals surface area contributed by atoms with Gasteiger partial charge in [0.1, 0.15) is 17.2 Å². The predicted octanol–water partition coefficient (Wildman–Crippen LogP) is 3.15. The van der Waals surface area contributed by atoms with Crippen molar-refractivity contribution in [1.29, 1.82) is 0 Å². The highest BCUT2D eigenvalue weighted by Crippen LogP contribution is 2.24. The fraction of sp³-hybridized carbons (Fsp3) is 0.167. The van der Waals surface area contributed by atoms with Crippen LogP contribution in [0.1, 0.15) is 28.2 Å². The molecule has 0 saturated carbocycles. The summed E-state index contributed by atoms with van der Waals surface area (Å²) in [7, 11) is 0. The fourth-order valence-corrected chi connectivity index (χ4v) is 2.27. The van der Waals surface area contributed by atoms with Gasteiger partial charge in [-0.2, -0.15) is 0 Å². The molecule has 1 unspecified atom stereocenters. The lowest BCUT2D eigenvalue weighted by Gasteiger charge is -2.14. The van der Waals surface area contributed by atoms with Crippen molar-refractivity contribution in [2.24, 2.45) is 0 Å². The first kappa shape index (κ1) is 12.5. The highest BCUT2D eigenvalue weighted by molar-refractivity contribution is 7.10. The molecule has 94 valence electrons. The summed E-state index contributed by atoms with van der Waals surface area (Å²) in [6.45, 7) is 1.89. The van der Waals surface area contributed by atoms with Crippen molar-refractivity contribution < 1.29 is 14.3 Å². The number of halogens is 1. The van der Waals surface area contributed by atoms with Gasteiger partial charge in [-0.15, -0.1) is 11.3 Å². The highest BCUT2D eigenvalue weighted by atomic mass is 32.1. The number of carboxylic acids is 1. The van der Waals surface area contributed by atoms with Crippen molar-refractivity contribution in [1.82, 2.24) is 4.98 Å². The summed E-state index contributed by atoms with van der Waals surface area (Å²) >= 11 is 1.56. The van der Waals surface area contributed by atoms with E-state index in [2.05, 4.69) is 10.3 Å². The molecule has 2 heterocycles. The Hall–Kier alpha value is -1.95. The molecule has 2 rings (SSSR count). The molecular weight excluding hydrogens is 255 g/mol. The third kappa shape index (κ3) is 2.65. The summed E-state index contributed by atoms with van der Waals surface area (Å²) < 4.78 is 13.0. The van der Waals surface area contributed by atoms with E-state index in [-0.39, 0.29) is 17.4 Å². The highest BCUT2D eigenvalue weighted by Gasteiger charge is 2.15. The largest absolute Gasteiger partial charge is 0.478 e. The molecule has 0 saturated heterocycles. The Kier molecular flexibility index (Phi) is 3.57. The van der Waals surface area contributed by atoms with Gasteiger partial charge in [-0.05, 0) is 24.4 Å². The Morgan fingerprint density at radius 1 is 1.61 bits per heavy atom. The van der Waals surface area contributed by atoms with Crippen LogP contribution in [-0.4, -0.2) is 16.1 Å². The number of thiophene rings is 1. The average molecular weight is 266 g/mol. The van der Waals surface area contributed by atoms with Crippen LogP contribution in [0.25, 0.3) is 0 Å². The molecule has 0 radical (unpaired) electrons. The zero-order valence-electron chi connectivity index (χ0n) is 9.55. The number of carbonyl (C=O) groups is 1. The number of nitrogens with one attached hydrogen (secondary N) is 1. The maximum absolute atomic E-state index is 13.0. The van der Waals surface area contributed by atoms with E-state index in [1.54, 1.807) is 11.3 Å². The Labute approximate surface area is 107 Å². The summed E-state index contributed by atoms with van der Waals surface area (Å²) in [6, 6.07) is 4.72. The SMILES string of the molecule is CC(Nc1ncc(F)cc1C(=O)O)c1cccs1. The number of carboxylic acid groups (broad SMARTS) is 1. The lowest BCUT2D eigenvalue weighted by molar-refractivity contribution is 0.0697. The third-order valence-electron chi connectivity index (χ3n) is 2.41. The predicted molar refractivity (Wildman–Crippen MR) is 67.5 cm³/mol. The first-order valence-electron chi connectivity index (χ1n) is 5.26. The first-order valence-corrected chi connectivity index (χ1v) is 6.14. The minimum absolute atomic E-state index is 0.0824. The van der Waals surface area contributed by atoms with Gasteiger partial charge < -0.3 is 10.4 Å². The van der Waals surface area contributed by atoms with Crippen LogP contribution in [0, 0.1) is 5.82 Å². The maximum Gasteiger partial charge on any atom is 0.339 e. The standard InChI is InChI=1S/C12H11FN2O2S/c1-7(10-3-2-4-18-10)15-11-9(12(16)17)5-8(13)6-14-11/h2-7H,1H3,(H,14,15)(H,16,17). The van der Waals surface area contributed by atoms with Gasteiger partial charge >= 0.3 is 5.97 Å². The quantitative estimate of drug-likeness (QED) is 0.892. The molecule has 0 bridgehead atoms. The van der Waals surface area contributed by atoms with Gasteiger partial charge in [0.2, 0.25) is 0 Å². The second kappa shape index (κ2) is 5.14. The second-order valence-corrected chi connectivity index (χ2v) is 4.72. The van der Waals surface area contributed by atoms with Crippen molar-refractivity contribution in [2.45, 2.75) is 13.0 Å². The van der Waals surface area contributed by atoms with Crippen molar-refractivity contribution >= 4 is 23.1 Å². The summed E-state index contributed by atoms with van der Waals surface area (Å²) in [5.74, 6) is -1.70. The molecule has 2 aromatic rings. The van der Waals surface area contributed by atoms with E-state index in [0.29, 0.717) is 0 Å². The van der Waals surface area contributed by atoms with E-state index >= 15 is 0 Å². The molecule has 0 amide bonds. The molecule has 0 aliphatic heterocycles. The lowest BCUT2D eigenvalue weighted by atomic mass is 10.2. The summed E-state index contributed by atoms with van der Waals surface area (Å²) in [6.07, 6.45) is 0.996. The van der Waals surface area contributed by atoms with Crippen LogP contribution in [0.15, 0.2) is 29.8 Å². The molecule has 1 atom stereocenters. The Bertz CT molecular complexity index is 557. The van der Waals surface area contributed by atoms with Gasteiger partial charge in [0, 0.05) is 4.88 Å². The van der Waals surface area contributed by atoms with E-state index in [0.717, 1.165) is 17.1 Å². The molecule has 18 heavy (non-hydrogen) atoms. The van der Waals surface area contributed by atoms with Crippen LogP contribution in [0.2, 0.25) is 0 Å². The number of nitrogens with zero attached hydrogens (tertiary/aromatic N) is 1. The number of rotatable bonds is 4. The normalized spacial score (nSPS) is 12.1. The summed E-state index contributed by atoms with van der Waals surface area (Å²) in [5, 5.41) is 13.9. The van der Waals surface area contributed by atoms with Crippen molar-refractivity contribution in [3.8, 4) is 0 Å². The van der Waals surface area contributed by atoms with Crippen LogP contribution < -0.4 is 5.32 Å². The molecule has 4 nitrogen and oxygen atoms in total. The number of aromatic nitrogens is 1. The van der Waals surface area contributed by atoms with Gasteiger partial charge in [-0.1, -0.05) is 6.07 Å². The fourth-order valence-electron chi connectivity index (χ4n) is 1.53. The molecule has 2 N–H and O–H groups in total. The van der Waals surface area contributed by atoms with E-state index in [1.165, 1.54) is 0 Å². The van der Waals surface area contributed by atoms with E-state index in [4.69, 9.17) is 5.11 Å². The zero-order valence-corrected chi connectivity index (χ0v) is 10.4. The Morgan fingerprint density at radius 3 is 3.00 bits per heavy atom. The first-order chi connectivity index (χ1) is 8.58. The molecule has 0 spiro atoms. The van der Waals surface area contributed by atoms with Crippen LogP contribution in [0.5, 0.6) is 0 Å². The van der Waals surface area contributed by atoms with Gasteiger partial charge in [-0.3, -0.25) is 0 Å². The van der Waals surface area contributed by atoms with Crippen molar-refractivity contribution in [2.75, 3.05) is 5.32 Å². The average Bonchev–Trinajstić information content (AvgIpc) is 2.84. The second-order valence-electron chi connectivity index (χ2n) is 3.74. The number of aromatic carboxylic acids is 1. The van der Waals surface area contributed by atoms with E-state index < -0.39 is 11.8 Å². The molecule has 2 aromatic heterocycles. The lowest BCUT2D eigenvalue weighted by Crippen LogP contribution is -2.11. The number of pyridine rings is 1. The maximum atomic E-state index is 13.0. The molecule has 0 fully saturated rings. The third-order valence-corrected chi connectivity index (χ3v) is 3.46. The van der Waals surface area contributed by atoms with Crippen LogP contribution in [0.4, 0.5) is 10.2 Å². The summed E-state index contributed by atoms with van der Waals surface area (Å²) in [4.78, 5) is 15.8. The van der Waals surface area contributed by atoms with Crippen LogP contribution in [0.3, 0.4) is 0 Å². The smallest absolute Gasteiger partial charge is 0.339 e. The minimum Gasteiger partial charge on any atom is -0.478 e. The van der Waals surface area contributed by atoms with Crippen molar-refractivity contribution in [3.63, 3.8) is 0 Å². The molecule has 0 aliphatic carbocycles. The topological polar surface area (TPSA) is 62.2 Å². The van der Waals surface area contributed by atoms with E-state index in [1.807, 2.05) is 24.4 Å². The molecular formula is C12H11FN2O2S. The number of anilines is 1. The zero-order chi connectivity index (χ0) is 13.1. The molecule has 6 heteroatoms. The summed E-state index contributed by atoms with van der Waals surface area (Å²) in [5.41, 5.74) is -0.168. The molecule has 0 aliphatic rings. The number of hydrogen-bond donors (Lipinski definition) is 2. The minimum atomic E-state index is -1.21.